The molecule has 0 aliphatic heterocycles. The van der Waals surface area contributed by atoms with E-state index in [4.69, 9.17) is 0 Å². The lowest BCUT2D eigenvalue weighted by Crippen LogP contribution is -2.06. The lowest BCUT2D eigenvalue weighted by molar-refractivity contribution is 0.679. The van der Waals surface area contributed by atoms with Gasteiger partial charge in [0.25, 0.3) is 0 Å². The number of aryl methyl sites for hydroxylation is 2. The molecule has 26 heavy (non-hydrogen) atoms. The molecule has 0 fully saturated rings. The molecule has 0 saturated carbocycles. The van der Waals surface area contributed by atoms with Crippen LogP contribution in [-0.4, -0.2) is 16.5 Å². The van der Waals surface area contributed by atoms with Crippen molar-refractivity contribution in [3.05, 3.63) is 52.7 Å². The summed E-state index contributed by atoms with van der Waals surface area (Å²) in [5.74, 6) is 0.961. The number of hydrogen-bond acceptors (Lipinski definition) is 4. The van der Waals surface area contributed by atoms with E-state index in [2.05, 4.69) is 58.8 Å². The summed E-state index contributed by atoms with van der Waals surface area (Å²) in [6, 6.07) is 6.64. The fourth-order valence-corrected chi connectivity index (χ4v) is 4.70. The second-order valence-electron chi connectivity index (χ2n) is 7.16. The molecule has 3 aromatic rings. The highest BCUT2D eigenvalue weighted by Gasteiger charge is 2.14. The van der Waals surface area contributed by atoms with Crippen molar-refractivity contribution in [3.8, 4) is 11.1 Å². The van der Waals surface area contributed by atoms with Crippen molar-refractivity contribution in [3.63, 3.8) is 0 Å². The Morgan fingerprint density at radius 1 is 1.12 bits per heavy atom. The van der Waals surface area contributed by atoms with Crippen LogP contribution in [0, 0.1) is 13.8 Å². The summed E-state index contributed by atoms with van der Waals surface area (Å²) in [7, 11) is 0. The molecule has 1 aliphatic rings. The summed E-state index contributed by atoms with van der Waals surface area (Å²) in [5.41, 5.74) is 6.69. The Morgan fingerprint density at radius 3 is 2.85 bits per heavy atom. The predicted octanol–water partition coefficient (Wildman–Crippen LogP) is 6.28. The van der Waals surface area contributed by atoms with Gasteiger partial charge in [0.15, 0.2) is 0 Å². The number of rotatable bonds is 5. The quantitative estimate of drug-likeness (QED) is 0.542. The Morgan fingerprint density at radius 2 is 2.04 bits per heavy atom. The first-order valence-electron chi connectivity index (χ1n) is 9.44. The van der Waals surface area contributed by atoms with Gasteiger partial charge in [0, 0.05) is 17.5 Å². The molecule has 0 atom stereocenters. The van der Waals surface area contributed by atoms with E-state index in [0.717, 1.165) is 29.0 Å². The highest BCUT2D eigenvalue weighted by atomic mass is 32.1. The van der Waals surface area contributed by atoms with Gasteiger partial charge in [-0.05, 0) is 57.1 Å². The standard InChI is InChI=1S/C22H25N3S/c1-15-8-9-18(16(2)12-15)19-13-26-22-20(19)21(24-14-25-22)23-11-10-17-6-4-3-5-7-17/h6,8-9,12-14H,3-5,7,10-11H2,1-2H3,(H,23,24,25). The van der Waals surface area contributed by atoms with Gasteiger partial charge >= 0.3 is 0 Å². The van der Waals surface area contributed by atoms with Crippen LogP contribution in [-0.2, 0) is 0 Å². The summed E-state index contributed by atoms with van der Waals surface area (Å²) in [6.45, 7) is 5.25. The molecule has 3 nitrogen and oxygen atoms in total. The number of fused-ring (bicyclic) bond motifs is 1. The molecule has 0 bridgehead atoms. The molecule has 1 aromatic carbocycles. The molecule has 134 valence electrons. The molecule has 0 amide bonds. The molecule has 0 spiro atoms. The lowest BCUT2D eigenvalue weighted by atomic mass is 9.97. The summed E-state index contributed by atoms with van der Waals surface area (Å²) in [4.78, 5) is 10.1. The number of nitrogens with zero attached hydrogens (tertiary/aromatic N) is 2. The van der Waals surface area contributed by atoms with Gasteiger partial charge in [-0.15, -0.1) is 11.3 Å². The molecule has 4 heteroatoms. The van der Waals surface area contributed by atoms with Crippen LogP contribution in [0.2, 0.25) is 0 Å². The topological polar surface area (TPSA) is 37.8 Å². The Kier molecular flexibility index (Phi) is 5.02. The van der Waals surface area contributed by atoms with E-state index in [1.807, 2.05) is 0 Å². The van der Waals surface area contributed by atoms with Gasteiger partial charge in [-0.3, -0.25) is 0 Å². The lowest BCUT2D eigenvalue weighted by Gasteiger charge is -2.14. The minimum absolute atomic E-state index is 0.931. The number of benzene rings is 1. The predicted molar refractivity (Wildman–Crippen MR) is 112 cm³/mol. The van der Waals surface area contributed by atoms with Gasteiger partial charge in [-0.25, -0.2) is 9.97 Å². The van der Waals surface area contributed by atoms with E-state index in [1.54, 1.807) is 23.2 Å². The third-order valence-corrected chi connectivity index (χ3v) is 6.05. The van der Waals surface area contributed by atoms with Gasteiger partial charge in [0.1, 0.15) is 17.0 Å². The minimum atomic E-state index is 0.931. The number of aromatic nitrogens is 2. The summed E-state index contributed by atoms with van der Waals surface area (Å²) >= 11 is 1.69. The first kappa shape index (κ1) is 17.2. The Labute approximate surface area is 159 Å². The molecule has 2 aromatic heterocycles. The highest BCUT2D eigenvalue weighted by Crippen LogP contribution is 2.38. The van der Waals surface area contributed by atoms with Crippen molar-refractivity contribution < 1.29 is 0 Å². The molecular formula is C22H25N3S. The van der Waals surface area contributed by atoms with Crippen molar-refractivity contribution in [1.29, 1.82) is 0 Å². The normalized spacial score (nSPS) is 14.5. The van der Waals surface area contributed by atoms with E-state index in [9.17, 15) is 0 Å². The second kappa shape index (κ2) is 7.58. The highest BCUT2D eigenvalue weighted by molar-refractivity contribution is 7.17. The second-order valence-corrected chi connectivity index (χ2v) is 8.01. The fourth-order valence-electron chi connectivity index (χ4n) is 3.80. The fraction of sp³-hybridized carbons (Fsp3) is 0.364. The van der Waals surface area contributed by atoms with Crippen molar-refractivity contribution in [2.24, 2.45) is 0 Å². The first-order valence-corrected chi connectivity index (χ1v) is 10.3. The SMILES string of the molecule is Cc1ccc(-c2csc3ncnc(NCCC4=CCCCC4)c23)c(C)c1. The maximum absolute atomic E-state index is 4.56. The molecule has 1 N–H and O–H groups in total. The van der Waals surface area contributed by atoms with E-state index in [-0.39, 0.29) is 0 Å². The molecule has 2 heterocycles. The van der Waals surface area contributed by atoms with Crippen molar-refractivity contribution in [1.82, 2.24) is 9.97 Å². The van der Waals surface area contributed by atoms with Gasteiger partial charge < -0.3 is 5.32 Å². The third kappa shape index (κ3) is 3.51. The number of hydrogen-bond donors (Lipinski definition) is 1. The van der Waals surface area contributed by atoms with E-state index < -0.39 is 0 Å². The van der Waals surface area contributed by atoms with E-state index >= 15 is 0 Å². The van der Waals surface area contributed by atoms with Crippen LogP contribution in [0.25, 0.3) is 21.3 Å². The summed E-state index contributed by atoms with van der Waals surface area (Å²) < 4.78 is 0. The molecule has 4 rings (SSSR count). The van der Waals surface area contributed by atoms with E-state index in [0.29, 0.717) is 0 Å². The molecule has 0 radical (unpaired) electrons. The van der Waals surface area contributed by atoms with Crippen LogP contribution in [0.3, 0.4) is 0 Å². The van der Waals surface area contributed by atoms with Crippen LogP contribution >= 0.6 is 11.3 Å². The zero-order chi connectivity index (χ0) is 17.9. The summed E-state index contributed by atoms with van der Waals surface area (Å²) in [6.07, 6.45) is 10.4. The molecule has 0 unspecified atom stereocenters. The number of allylic oxidation sites excluding steroid dienone is 1. The van der Waals surface area contributed by atoms with E-state index in [1.165, 1.54) is 47.9 Å². The smallest absolute Gasteiger partial charge is 0.138 e. The molecule has 1 aliphatic carbocycles. The zero-order valence-corrected chi connectivity index (χ0v) is 16.3. The van der Waals surface area contributed by atoms with Crippen LogP contribution in [0.1, 0.15) is 43.2 Å². The molecular weight excluding hydrogens is 338 g/mol. The number of nitrogens with one attached hydrogen (secondary N) is 1. The van der Waals surface area contributed by atoms with Crippen LogP contribution in [0.5, 0.6) is 0 Å². The van der Waals surface area contributed by atoms with Crippen LogP contribution in [0.4, 0.5) is 5.82 Å². The number of anilines is 1. The maximum atomic E-state index is 4.56. The Hall–Kier alpha value is -2.20. The molecule has 0 saturated heterocycles. The van der Waals surface area contributed by atoms with Crippen molar-refractivity contribution in [2.45, 2.75) is 46.0 Å². The Balaban J connectivity index is 1.63. The maximum Gasteiger partial charge on any atom is 0.138 e. The van der Waals surface area contributed by atoms with Gasteiger partial charge in [-0.2, -0.15) is 0 Å². The van der Waals surface area contributed by atoms with Crippen LogP contribution in [0.15, 0.2) is 41.6 Å². The monoisotopic (exact) mass is 363 g/mol. The Bertz CT molecular complexity index is 955. The van der Waals surface area contributed by atoms with Gasteiger partial charge in [-0.1, -0.05) is 35.4 Å². The number of thiophene rings is 1. The zero-order valence-electron chi connectivity index (χ0n) is 15.5. The minimum Gasteiger partial charge on any atom is -0.369 e. The van der Waals surface area contributed by atoms with Crippen molar-refractivity contribution >= 4 is 27.4 Å². The average Bonchev–Trinajstić information content (AvgIpc) is 3.07. The largest absolute Gasteiger partial charge is 0.369 e. The van der Waals surface area contributed by atoms with Gasteiger partial charge in [0.05, 0.1) is 5.39 Å². The average molecular weight is 364 g/mol. The van der Waals surface area contributed by atoms with Crippen molar-refractivity contribution in [2.75, 3.05) is 11.9 Å². The summed E-state index contributed by atoms with van der Waals surface area (Å²) in [5, 5.41) is 6.95. The van der Waals surface area contributed by atoms with Crippen LogP contribution < -0.4 is 5.32 Å². The van der Waals surface area contributed by atoms with Gasteiger partial charge in [0.2, 0.25) is 0 Å². The first-order chi connectivity index (χ1) is 12.7. The third-order valence-electron chi connectivity index (χ3n) is 5.17.